The first-order valence-electron chi connectivity index (χ1n) is 5.77. The Kier molecular flexibility index (Phi) is 3.42. The largest absolute Gasteiger partial charge is 0.274 e. The Labute approximate surface area is 111 Å². The van der Waals surface area contributed by atoms with Gasteiger partial charge >= 0.3 is 0 Å². The van der Waals surface area contributed by atoms with Crippen LogP contribution in [0.3, 0.4) is 0 Å². The summed E-state index contributed by atoms with van der Waals surface area (Å²) in [7, 11) is -3.57. The first kappa shape index (κ1) is 13.7. The molecule has 0 fully saturated rings. The van der Waals surface area contributed by atoms with Crippen LogP contribution < -0.4 is 5.14 Å². The molecule has 0 aliphatic carbocycles. The minimum absolute atomic E-state index is 0.0574. The molecule has 2 rings (SSSR count). The fourth-order valence-electron chi connectivity index (χ4n) is 2.03. The molecule has 0 aromatic heterocycles. The van der Waals surface area contributed by atoms with Crippen LogP contribution in [0.25, 0.3) is 0 Å². The van der Waals surface area contributed by atoms with Crippen LogP contribution in [-0.4, -0.2) is 37.4 Å². The maximum atomic E-state index is 12.0. The van der Waals surface area contributed by atoms with E-state index in [1.807, 2.05) is 6.92 Å². The Morgan fingerprint density at radius 1 is 1.16 bits per heavy atom. The highest BCUT2D eigenvalue weighted by Gasteiger charge is 2.34. The topological polar surface area (TPSA) is 97.5 Å². The number of amides is 2. The first-order chi connectivity index (χ1) is 8.79. The van der Waals surface area contributed by atoms with E-state index in [0.29, 0.717) is 11.1 Å². The number of rotatable bonds is 4. The Balaban J connectivity index is 2.14. The molecule has 1 aromatic rings. The third-order valence-corrected chi connectivity index (χ3v) is 3.79. The highest BCUT2D eigenvalue weighted by molar-refractivity contribution is 7.89. The lowest BCUT2D eigenvalue weighted by Gasteiger charge is -2.12. The van der Waals surface area contributed by atoms with Gasteiger partial charge in [-0.3, -0.25) is 14.5 Å². The van der Waals surface area contributed by atoms with E-state index in [-0.39, 0.29) is 30.5 Å². The van der Waals surface area contributed by atoms with Gasteiger partial charge in [-0.25, -0.2) is 13.6 Å². The Morgan fingerprint density at radius 3 is 2.42 bits per heavy atom. The minimum Gasteiger partial charge on any atom is -0.274 e. The molecule has 0 spiro atoms. The number of carbonyl (C=O) groups excluding carboxylic acids is 2. The average Bonchev–Trinajstić information content (AvgIpc) is 2.52. The van der Waals surface area contributed by atoms with Gasteiger partial charge in [0.1, 0.15) is 0 Å². The van der Waals surface area contributed by atoms with Gasteiger partial charge in [0.25, 0.3) is 11.8 Å². The van der Waals surface area contributed by atoms with E-state index in [1.165, 1.54) is 0 Å². The summed E-state index contributed by atoms with van der Waals surface area (Å²) < 4.78 is 21.6. The van der Waals surface area contributed by atoms with Crippen LogP contribution in [0.15, 0.2) is 18.2 Å². The van der Waals surface area contributed by atoms with E-state index in [4.69, 9.17) is 5.14 Å². The number of hydrogen-bond acceptors (Lipinski definition) is 4. The number of fused-ring (bicyclic) bond motifs is 1. The quantitative estimate of drug-likeness (QED) is 0.801. The summed E-state index contributed by atoms with van der Waals surface area (Å²) in [6, 6.07) is 5.04. The Hall–Kier alpha value is -1.73. The lowest BCUT2D eigenvalue weighted by Crippen LogP contribution is -2.32. The van der Waals surface area contributed by atoms with Gasteiger partial charge in [0, 0.05) is 6.54 Å². The van der Waals surface area contributed by atoms with Crippen molar-refractivity contribution >= 4 is 21.8 Å². The fourth-order valence-corrected chi connectivity index (χ4v) is 2.56. The Bertz CT molecular complexity index is 652. The van der Waals surface area contributed by atoms with E-state index >= 15 is 0 Å². The first-order valence-corrected chi connectivity index (χ1v) is 7.48. The van der Waals surface area contributed by atoms with Gasteiger partial charge in [-0.1, -0.05) is 11.6 Å². The zero-order chi connectivity index (χ0) is 14.2. The predicted molar refractivity (Wildman–Crippen MR) is 69.1 cm³/mol. The van der Waals surface area contributed by atoms with Gasteiger partial charge in [0.2, 0.25) is 10.0 Å². The van der Waals surface area contributed by atoms with Gasteiger partial charge in [-0.05, 0) is 25.5 Å². The summed E-state index contributed by atoms with van der Waals surface area (Å²) in [4.78, 5) is 25.1. The molecule has 2 amide bonds. The molecule has 1 aliphatic heterocycles. The van der Waals surface area contributed by atoms with E-state index < -0.39 is 10.0 Å². The summed E-state index contributed by atoms with van der Waals surface area (Å²) in [6.45, 7) is 1.89. The molecule has 0 bridgehead atoms. The number of nitrogens with two attached hydrogens (primary N) is 1. The standard InChI is InChI=1S/C12H14N2O4S/c1-8-3-4-9-10(7-8)12(16)14(11(9)15)5-2-6-19(13,17)18/h3-4,7H,2,5-6H2,1H3,(H2,13,17,18). The number of carbonyl (C=O) groups is 2. The monoisotopic (exact) mass is 282 g/mol. The summed E-state index contributed by atoms with van der Waals surface area (Å²) in [5.74, 6) is -1.01. The van der Waals surface area contributed by atoms with Crippen molar-refractivity contribution in [1.29, 1.82) is 0 Å². The van der Waals surface area contributed by atoms with E-state index in [0.717, 1.165) is 10.5 Å². The van der Waals surface area contributed by atoms with Crippen molar-refractivity contribution in [3.63, 3.8) is 0 Å². The maximum absolute atomic E-state index is 12.0. The SMILES string of the molecule is Cc1ccc2c(c1)C(=O)N(CCCS(N)(=O)=O)C2=O. The van der Waals surface area contributed by atoms with Crippen molar-refractivity contribution in [3.8, 4) is 0 Å². The molecule has 0 unspecified atom stereocenters. The lowest BCUT2D eigenvalue weighted by molar-refractivity contribution is 0.0654. The maximum Gasteiger partial charge on any atom is 0.261 e. The van der Waals surface area contributed by atoms with Gasteiger partial charge < -0.3 is 0 Å². The molecular weight excluding hydrogens is 268 g/mol. The molecule has 19 heavy (non-hydrogen) atoms. The second-order valence-electron chi connectivity index (χ2n) is 4.53. The van der Waals surface area contributed by atoms with Crippen LogP contribution in [0.1, 0.15) is 32.7 Å². The summed E-state index contributed by atoms with van der Waals surface area (Å²) in [6.07, 6.45) is 0.142. The van der Waals surface area contributed by atoms with E-state index in [1.54, 1.807) is 18.2 Å². The summed E-state index contributed by atoms with van der Waals surface area (Å²) in [5.41, 5.74) is 1.64. The minimum atomic E-state index is -3.57. The second-order valence-corrected chi connectivity index (χ2v) is 6.27. The molecule has 102 valence electrons. The number of primary sulfonamides is 1. The van der Waals surface area contributed by atoms with Crippen LogP contribution >= 0.6 is 0 Å². The third kappa shape index (κ3) is 2.82. The van der Waals surface area contributed by atoms with Crippen LogP contribution in [0, 0.1) is 6.92 Å². The van der Waals surface area contributed by atoms with Gasteiger partial charge in [-0.15, -0.1) is 0 Å². The Morgan fingerprint density at radius 2 is 1.79 bits per heavy atom. The molecule has 2 N–H and O–H groups in total. The molecule has 1 heterocycles. The third-order valence-electron chi connectivity index (χ3n) is 2.94. The number of nitrogens with zero attached hydrogens (tertiary/aromatic N) is 1. The molecule has 0 saturated carbocycles. The van der Waals surface area contributed by atoms with E-state index in [9.17, 15) is 18.0 Å². The van der Waals surface area contributed by atoms with Crippen molar-refractivity contribution in [2.24, 2.45) is 5.14 Å². The molecule has 0 atom stereocenters. The molecule has 1 aliphatic rings. The van der Waals surface area contributed by atoms with Crippen molar-refractivity contribution < 1.29 is 18.0 Å². The highest BCUT2D eigenvalue weighted by atomic mass is 32.2. The number of benzene rings is 1. The average molecular weight is 282 g/mol. The van der Waals surface area contributed by atoms with Crippen molar-refractivity contribution in [3.05, 3.63) is 34.9 Å². The van der Waals surface area contributed by atoms with Crippen LogP contribution in [0.5, 0.6) is 0 Å². The zero-order valence-corrected chi connectivity index (χ0v) is 11.2. The van der Waals surface area contributed by atoms with Crippen LogP contribution in [0.4, 0.5) is 0 Å². The molecule has 6 nitrogen and oxygen atoms in total. The molecule has 0 saturated heterocycles. The zero-order valence-electron chi connectivity index (χ0n) is 10.4. The van der Waals surface area contributed by atoms with Crippen molar-refractivity contribution in [1.82, 2.24) is 4.90 Å². The fraction of sp³-hybridized carbons (Fsp3) is 0.333. The smallest absolute Gasteiger partial charge is 0.261 e. The van der Waals surface area contributed by atoms with Gasteiger partial charge in [0.15, 0.2) is 0 Å². The van der Waals surface area contributed by atoms with Crippen molar-refractivity contribution in [2.75, 3.05) is 12.3 Å². The van der Waals surface area contributed by atoms with Crippen molar-refractivity contribution in [2.45, 2.75) is 13.3 Å². The molecular formula is C12H14N2O4S. The number of imide groups is 1. The van der Waals surface area contributed by atoms with Crippen LogP contribution in [-0.2, 0) is 10.0 Å². The number of aryl methyl sites for hydroxylation is 1. The highest BCUT2D eigenvalue weighted by Crippen LogP contribution is 2.23. The van der Waals surface area contributed by atoms with E-state index in [2.05, 4.69) is 0 Å². The lowest BCUT2D eigenvalue weighted by atomic mass is 10.1. The normalized spacial score (nSPS) is 14.9. The summed E-state index contributed by atoms with van der Waals surface area (Å²) >= 11 is 0. The van der Waals surface area contributed by atoms with Crippen LogP contribution in [0.2, 0.25) is 0 Å². The number of hydrogen-bond donors (Lipinski definition) is 1. The van der Waals surface area contributed by atoms with Gasteiger partial charge in [-0.2, -0.15) is 0 Å². The molecule has 7 heteroatoms. The van der Waals surface area contributed by atoms with Gasteiger partial charge in [0.05, 0.1) is 16.9 Å². The predicted octanol–water partition coefficient (Wildman–Crippen LogP) is 0.270. The molecule has 1 aromatic carbocycles. The summed E-state index contributed by atoms with van der Waals surface area (Å²) in [5, 5.41) is 4.88. The molecule has 0 radical (unpaired) electrons. The number of sulfonamides is 1. The second kappa shape index (κ2) is 4.75.